The lowest BCUT2D eigenvalue weighted by Gasteiger charge is -2.15. The molecule has 0 amide bonds. The van der Waals surface area contributed by atoms with E-state index in [0.29, 0.717) is 24.1 Å². The van der Waals surface area contributed by atoms with E-state index in [0.717, 1.165) is 78.1 Å². The average molecular weight is 684 g/mol. The zero-order valence-electron chi connectivity index (χ0n) is 29.5. The molecular weight excluding hydrogens is 647 g/mol. The second kappa shape index (κ2) is 13.8. The van der Waals surface area contributed by atoms with Crippen LogP contribution in [-0.4, -0.2) is 18.4 Å². The van der Waals surface area contributed by atoms with E-state index in [9.17, 15) is 0 Å². The smallest absolute Gasteiger partial charge is 0.161 e. The van der Waals surface area contributed by atoms with Crippen molar-refractivity contribution in [2.24, 2.45) is 20.9 Å². The third-order valence-corrected chi connectivity index (χ3v) is 10.2. The van der Waals surface area contributed by atoms with Gasteiger partial charge in [0, 0.05) is 21.9 Å². The highest BCUT2D eigenvalue weighted by Gasteiger charge is 2.19. The molecule has 0 radical (unpaired) electrons. The molecule has 7 aromatic carbocycles. The molecule has 1 aliphatic carbocycles. The molecule has 0 saturated carbocycles. The van der Waals surface area contributed by atoms with Crippen molar-refractivity contribution in [1.82, 2.24) is 0 Å². The fraction of sp³-hybridized carbons (Fsp3) is 0.0816. The summed E-state index contributed by atoms with van der Waals surface area (Å²) in [6, 6.07) is 51.0. The maximum Gasteiger partial charge on any atom is 0.161 e. The number of hydrogen-bond donors (Lipinski definition) is 0. The first kappa shape index (κ1) is 32.3. The van der Waals surface area contributed by atoms with Gasteiger partial charge in [0.05, 0.1) is 6.54 Å². The Labute approximate surface area is 308 Å². The molecule has 0 saturated heterocycles. The second-order valence-electron chi connectivity index (χ2n) is 13.7. The Balaban J connectivity index is 1.22. The van der Waals surface area contributed by atoms with Crippen LogP contribution in [0.15, 0.2) is 189 Å². The van der Waals surface area contributed by atoms with Gasteiger partial charge in [-0.3, -0.25) is 4.99 Å². The van der Waals surface area contributed by atoms with Crippen LogP contribution >= 0.6 is 0 Å². The molecule has 9 rings (SSSR count). The molecule has 1 aliphatic rings. The summed E-state index contributed by atoms with van der Waals surface area (Å²) in [4.78, 5) is 14.7. The number of rotatable bonds is 6. The summed E-state index contributed by atoms with van der Waals surface area (Å²) in [7, 11) is 0. The van der Waals surface area contributed by atoms with Gasteiger partial charge in [-0.1, -0.05) is 140 Å². The van der Waals surface area contributed by atoms with Gasteiger partial charge in [-0.15, -0.1) is 0 Å². The molecule has 0 fully saturated rings. The highest BCUT2D eigenvalue weighted by molar-refractivity contribution is 6.21. The van der Waals surface area contributed by atoms with Crippen molar-refractivity contribution in [2.45, 2.75) is 19.9 Å². The lowest BCUT2D eigenvalue weighted by molar-refractivity contribution is 0.669. The van der Waals surface area contributed by atoms with Crippen molar-refractivity contribution in [3.8, 4) is 22.3 Å². The maximum atomic E-state index is 6.55. The Morgan fingerprint density at radius 1 is 0.660 bits per heavy atom. The van der Waals surface area contributed by atoms with Crippen molar-refractivity contribution >= 4 is 61.9 Å². The van der Waals surface area contributed by atoms with Gasteiger partial charge < -0.3 is 4.42 Å². The van der Waals surface area contributed by atoms with Crippen LogP contribution in [0.1, 0.15) is 24.5 Å². The highest BCUT2D eigenvalue weighted by atomic mass is 16.3. The second-order valence-corrected chi connectivity index (χ2v) is 13.7. The molecule has 0 bridgehead atoms. The van der Waals surface area contributed by atoms with Crippen LogP contribution in [0.2, 0.25) is 0 Å². The summed E-state index contributed by atoms with van der Waals surface area (Å²) < 4.78 is 6.55. The molecule has 254 valence electrons. The minimum atomic E-state index is 0.477. The predicted octanol–water partition coefficient (Wildman–Crippen LogP) is 12.8. The van der Waals surface area contributed by atoms with E-state index in [-0.39, 0.29) is 0 Å². The van der Waals surface area contributed by atoms with E-state index in [4.69, 9.17) is 14.4 Å². The molecular formula is C49H37N3O. The molecule has 4 nitrogen and oxygen atoms in total. The zero-order chi connectivity index (χ0) is 35.7. The van der Waals surface area contributed by atoms with Crippen molar-refractivity contribution in [3.05, 3.63) is 181 Å². The third kappa shape index (κ3) is 6.19. The van der Waals surface area contributed by atoms with E-state index in [1.54, 1.807) is 0 Å². The molecule has 53 heavy (non-hydrogen) atoms. The van der Waals surface area contributed by atoms with Crippen molar-refractivity contribution in [1.29, 1.82) is 0 Å². The van der Waals surface area contributed by atoms with Gasteiger partial charge in [-0.05, 0) is 98.8 Å². The Kier molecular flexibility index (Phi) is 8.41. The van der Waals surface area contributed by atoms with Crippen LogP contribution < -0.4 is 0 Å². The first-order valence-electron chi connectivity index (χ1n) is 18.1. The molecule has 1 unspecified atom stereocenters. The summed E-state index contributed by atoms with van der Waals surface area (Å²) >= 11 is 0. The largest absolute Gasteiger partial charge is 0.456 e. The molecule has 0 N–H and O–H groups in total. The minimum absolute atomic E-state index is 0.477. The number of nitrogens with zero attached hydrogens (tertiary/aromatic N) is 3. The Morgan fingerprint density at radius 3 is 2.23 bits per heavy atom. The first-order valence-corrected chi connectivity index (χ1v) is 18.1. The molecule has 0 aliphatic heterocycles. The highest BCUT2D eigenvalue weighted by Crippen LogP contribution is 2.43. The normalized spacial score (nSPS) is 15.0. The topological polar surface area (TPSA) is 50.2 Å². The van der Waals surface area contributed by atoms with Crippen LogP contribution in [0.5, 0.6) is 0 Å². The molecule has 4 heteroatoms. The SMILES string of the molecule is C=N/C(=N\C(=N/Cc1ccccc1)C1=CCC(C)C=C1)c1ccc(-c2cc(-c3ccc4ccccc4c3)cc3oc4ccccc4c23)c2ccccc12. The first-order chi connectivity index (χ1) is 26.1. The van der Waals surface area contributed by atoms with Crippen LogP contribution in [-0.2, 0) is 6.54 Å². The number of amidine groups is 2. The molecule has 0 spiro atoms. The summed E-state index contributed by atoms with van der Waals surface area (Å²) in [6.45, 7) is 6.74. The Morgan fingerprint density at radius 2 is 1.42 bits per heavy atom. The quantitative estimate of drug-likeness (QED) is 0.127. The number of benzene rings is 7. The third-order valence-electron chi connectivity index (χ3n) is 10.2. The van der Waals surface area contributed by atoms with Gasteiger partial charge >= 0.3 is 0 Å². The van der Waals surface area contributed by atoms with Gasteiger partial charge in [0.1, 0.15) is 11.2 Å². The Bertz CT molecular complexity index is 2820. The van der Waals surface area contributed by atoms with E-state index in [2.05, 4.69) is 152 Å². The predicted molar refractivity (Wildman–Crippen MR) is 224 cm³/mol. The molecule has 8 aromatic rings. The van der Waals surface area contributed by atoms with Crippen LogP contribution in [0.3, 0.4) is 0 Å². The average Bonchev–Trinajstić information content (AvgIpc) is 3.60. The van der Waals surface area contributed by atoms with E-state index in [1.165, 1.54) is 10.8 Å². The summed E-state index contributed by atoms with van der Waals surface area (Å²) in [5.74, 6) is 1.67. The molecule has 1 aromatic heterocycles. The van der Waals surface area contributed by atoms with Crippen LogP contribution in [0.25, 0.3) is 65.7 Å². The summed E-state index contributed by atoms with van der Waals surface area (Å²) in [5.41, 5.74) is 9.22. The molecule has 1 heterocycles. The number of hydrogen-bond acceptors (Lipinski definition) is 2. The van der Waals surface area contributed by atoms with Crippen LogP contribution in [0, 0.1) is 5.92 Å². The number of furan rings is 1. The van der Waals surface area contributed by atoms with Gasteiger partial charge in [0.25, 0.3) is 0 Å². The Hall–Kier alpha value is -6.65. The number of para-hydroxylation sites is 1. The van der Waals surface area contributed by atoms with Gasteiger partial charge in [-0.25, -0.2) is 9.98 Å². The zero-order valence-corrected chi connectivity index (χ0v) is 29.5. The lowest BCUT2D eigenvalue weighted by atomic mass is 9.89. The van der Waals surface area contributed by atoms with Crippen LogP contribution in [0.4, 0.5) is 0 Å². The standard InChI is InChI=1S/C49H37N3O/c1-32-20-22-35(23-21-32)48(51-31-33-12-4-3-5-13-33)52-49(50-2)42-27-26-41(39-16-8-9-17-40(39)42)44-29-38(37-25-24-34-14-6-7-15-36(34)28-37)30-46-47(44)43-18-10-11-19-45(43)53-46/h3-20,22-30,32H,2,21,31H2,1H3/b51-48-,52-49-. The van der Waals surface area contributed by atoms with Crippen molar-refractivity contribution < 1.29 is 4.42 Å². The summed E-state index contributed by atoms with van der Waals surface area (Å²) in [5, 5.41) is 6.74. The fourth-order valence-corrected chi connectivity index (χ4v) is 7.45. The number of allylic oxidation sites excluding steroid dienone is 2. The van der Waals surface area contributed by atoms with E-state index in [1.807, 2.05) is 30.3 Å². The van der Waals surface area contributed by atoms with E-state index < -0.39 is 0 Å². The van der Waals surface area contributed by atoms with E-state index >= 15 is 0 Å². The fourth-order valence-electron chi connectivity index (χ4n) is 7.45. The number of aliphatic imine (C=N–C) groups is 3. The van der Waals surface area contributed by atoms with Gasteiger partial charge in [-0.2, -0.15) is 0 Å². The minimum Gasteiger partial charge on any atom is -0.456 e. The molecule has 1 atom stereocenters. The van der Waals surface area contributed by atoms with Crippen molar-refractivity contribution in [3.63, 3.8) is 0 Å². The van der Waals surface area contributed by atoms with Gasteiger partial charge in [0.15, 0.2) is 11.7 Å². The lowest BCUT2D eigenvalue weighted by Crippen LogP contribution is -2.09. The summed E-state index contributed by atoms with van der Waals surface area (Å²) in [6.07, 6.45) is 7.52. The monoisotopic (exact) mass is 683 g/mol. The maximum absolute atomic E-state index is 6.55. The van der Waals surface area contributed by atoms with Gasteiger partial charge in [0.2, 0.25) is 0 Å². The number of fused-ring (bicyclic) bond motifs is 5. The van der Waals surface area contributed by atoms with Crippen molar-refractivity contribution in [2.75, 3.05) is 0 Å².